The van der Waals surface area contributed by atoms with Crippen LogP contribution in [0.15, 0.2) is 48.5 Å². The van der Waals surface area contributed by atoms with Crippen molar-refractivity contribution in [3.63, 3.8) is 0 Å². The Labute approximate surface area is 139 Å². The second kappa shape index (κ2) is 8.49. The van der Waals surface area contributed by atoms with Gasteiger partial charge in [-0.15, -0.1) is 0 Å². The molecule has 0 spiro atoms. The van der Waals surface area contributed by atoms with E-state index in [1.165, 1.54) is 5.56 Å². The van der Waals surface area contributed by atoms with E-state index in [-0.39, 0.29) is 5.91 Å². The topological polar surface area (TPSA) is 41.1 Å². The summed E-state index contributed by atoms with van der Waals surface area (Å²) >= 11 is 0. The highest BCUT2D eigenvalue weighted by Gasteiger charge is 2.09. The lowest BCUT2D eigenvalue weighted by Gasteiger charge is -2.15. The maximum atomic E-state index is 12.1. The van der Waals surface area contributed by atoms with Crippen LogP contribution in [0.2, 0.25) is 0 Å². The Morgan fingerprint density at radius 2 is 1.65 bits per heavy atom. The third kappa shape index (κ3) is 5.53. The molecule has 1 unspecified atom stereocenters. The molecule has 0 saturated heterocycles. The van der Waals surface area contributed by atoms with Crippen LogP contribution in [0.3, 0.4) is 0 Å². The first-order valence-corrected chi connectivity index (χ1v) is 8.19. The molecule has 0 fully saturated rings. The maximum absolute atomic E-state index is 12.1. The number of benzene rings is 2. The maximum Gasteiger partial charge on any atom is 0.238 e. The number of para-hydroxylation sites is 1. The molecule has 2 aromatic rings. The number of rotatable bonds is 7. The Hall–Kier alpha value is -2.13. The first-order valence-electron chi connectivity index (χ1n) is 8.19. The average molecular weight is 310 g/mol. The Kier molecular flexibility index (Phi) is 6.36. The number of nitrogens with one attached hydrogen (secondary N) is 2. The van der Waals surface area contributed by atoms with Crippen LogP contribution in [0.5, 0.6) is 0 Å². The van der Waals surface area contributed by atoms with Crippen molar-refractivity contribution in [3.05, 3.63) is 65.2 Å². The van der Waals surface area contributed by atoms with Crippen LogP contribution in [0.25, 0.3) is 0 Å². The van der Waals surface area contributed by atoms with Crippen LogP contribution in [0, 0.1) is 13.8 Å². The molecule has 0 aliphatic rings. The highest BCUT2D eigenvalue weighted by molar-refractivity contribution is 5.93. The zero-order valence-electron chi connectivity index (χ0n) is 14.2. The second-order valence-electron chi connectivity index (χ2n) is 6.12. The van der Waals surface area contributed by atoms with Gasteiger partial charge < -0.3 is 10.6 Å². The fourth-order valence-electron chi connectivity index (χ4n) is 2.59. The molecule has 0 aromatic heterocycles. The second-order valence-corrected chi connectivity index (χ2v) is 6.12. The molecule has 23 heavy (non-hydrogen) atoms. The number of carbonyl (C=O) groups excluding carboxylic acids is 1. The van der Waals surface area contributed by atoms with Gasteiger partial charge in [0.15, 0.2) is 0 Å². The van der Waals surface area contributed by atoms with Crippen molar-refractivity contribution in [1.29, 1.82) is 0 Å². The van der Waals surface area contributed by atoms with E-state index in [0.717, 1.165) is 29.7 Å². The van der Waals surface area contributed by atoms with Gasteiger partial charge >= 0.3 is 0 Å². The summed E-state index contributed by atoms with van der Waals surface area (Å²) in [5, 5.41) is 6.31. The lowest BCUT2D eigenvalue weighted by Crippen LogP contribution is -2.34. The number of hydrogen-bond acceptors (Lipinski definition) is 2. The molecule has 2 N–H and O–H groups in total. The van der Waals surface area contributed by atoms with Crippen LogP contribution in [0.4, 0.5) is 5.69 Å². The number of anilines is 1. The van der Waals surface area contributed by atoms with Crippen molar-refractivity contribution >= 4 is 11.6 Å². The van der Waals surface area contributed by atoms with Crippen LogP contribution in [-0.2, 0) is 11.2 Å². The molecule has 0 heterocycles. The number of amides is 1. The minimum absolute atomic E-state index is 0.00830. The van der Waals surface area contributed by atoms with Gasteiger partial charge in [-0.2, -0.15) is 0 Å². The van der Waals surface area contributed by atoms with Crippen molar-refractivity contribution in [2.24, 2.45) is 0 Å². The molecule has 3 heteroatoms. The largest absolute Gasteiger partial charge is 0.324 e. The van der Waals surface area contributed by atoms with Gasteiger partial charge in [0, 0.05) is 11.7 Å². The van der Waals surface area contributed by atoms with Crippen molar-refractivity contribution in [3.8, 4) is 0 Å². The average Bonchev–Trinajstić information content (AvgIpc) is 2.55. The molecule has 122 valence electrons. The van der Waals surface area contributed by atoms with E-state index in [4.69, 9.17) is 0 Å². The lowest BCUT2D eigenvalue weighted by atomic mass is 10.1. The van der Waals surface area contributed by atoms with Crippen molar-refractivity contribution in [1.82, 2.24) is 5.32 Å². The van der Waals surface area contributed by atoms with E-state index in [1.54, 1.807) is 0 Å². The Morgan fingerprint density at radius 1 is 1.00 bits per heavy atom. The van der Waals surface area contributed by atoms with Gasteiger partial charge in [-0.1, -0.05) is 48.5 Å². The van der Waals surface area contributed by atoms with E-state index >= 15 is 0 Å². The minimum Gasteiger partial charge on any atom is -0.324 e. The molecule has 0 aliphatic carbocycles. The summed E-state index contributed by atoms with van der Waals surface area (Å²) in [7, 11) is 0. The molecule has 0 aliphatic heterocycles. The van der Waals surface area contributed by atoms with Crippen LogP contribution in [0.1, 0.15) is 30.0 Å². The Balaban J connectivity index is 1.75. The van der Waals surface area contributed by atoms with Gasteiger partial charge in [-0.05, 0) is 50.3 Å². The molecule has 0 saturated carbocycles. The summed E-state index contributed by atoms with van der Waals surface area (Å²) in [6.45, 7) is 6.48. The Morgan fingerprint density at radius 3 is 2.30 bits per heavy atom. The fourth-order valence-corrected chi connectivity index (χ4v) is 2.59. The van der Waals surface area contributed by atoms with Gasteiger partial charge in [0.2, 0.25) is 5.91 Å². The van der Waals surface area contributed by atoms with E-state index in [2.05, 4.69) is 41.8 Å². The van der Waals surface area contributed by atoms with E-state index < -0.39 is 0 Å². The molecule has 0 bridgehead atoms. The van der Waals surface area contributed by atoms with E-state index in [0.29, 0.717) is 12.6 Å². The van der Waals surface area contributed by atoms with Crippen LogP contribution >= 0.6 is 0 Å². The summed E-state index contributed by atoms with van der Waals surface area (Å²) in [6.07, 6.45) is 2.04. The molecule has 2 rings (SSSR count). The number of hydrogen-bond donors (Lipinski definition) is 2. The highest BCUT2D eigenvalue weighted by atomic mass is 16.1. The van der Waals surface area contributed by atoms with Gasteiger partial charge in [0.25, 0.3) is 0 Å². The molecule has 2 aromatic carbocycles. The van der Waals surface area contributed by atoms with Gasteiger partial charge in [-0.25, -0.2) is 0 Å². The standard InChI is InChI=1S/C20H26N2O/c1-15-8-7-9-16(2)20(15)22-19(23)14-21-17(3)12-13-18-10-5-4-6-11-18/h4-11,17,21H,12-14H2,1-3H3,(H,22,23). The van der Waals surface area contributed by atoms with Crippen molar-refractivity contribution < 1.29 is 4.79 Å². The number of carbonyl (C=O) groups is 1. The first-order chi connectivity index (χ1) is 11.1. The highest BCUT2D eigenvalue weighted by Crippen LogP contribution is 2.19. The molecular formula is C20H26N2O. The molecule has 0 radical (unpaired) electrons. The summed E-state index contributed by atoms with van der Waals surface area (Å²) < 4.78 is 0. The van der Waals surface area contributed by atoms with Crippen LogP contribution in [-0.4, -0.2) is 18.5 Å². The lowest BCUT2D eigenvalue weighted by molar-refractivity contribution is -0.115. The van der Waals surface area contributed by atoms with Crippen molar-refractivity contribution in [2.45, 2.75) is 39.7 Å². The van der Waals surface area contributed by atoms with E-state index in [1.807, 2.05) is 38.1 Å². The minimum atomic E-state index is 0.00830. The molecular weight excluding hydrogens is 284 g/mol. The Bertz CT molecular complexity index is 617. The smallest absolute Gasteiger partial charge is 0.238 e. The first kappa shape index (κ1) is 17.2. The molecule has 1 amide bonds. The van der Waals surface area contributed by atoms with E-state index in [9.17, 15) is 4.79 Å². The fraction of sp³-hybridized carbons (Fsp3) is 0.350. The van der Waals surface area contributed by atoms with Gasteiger partial charge in [0.1, 0.15) is 0 Å². The monoisotopic (exact) mass is 310 g/mol. The summed E-state index contributed by atoms with van der Waals surface area (Å²) in [5.74, 6) is 0.00830. The molecule has 3 nitrogen and oxygen atoms in total. The van der Waals surface area contributed by atoms with Crippen molar-refractivity contribution in [2.75, 3.05) is 11.9 Å². The third-order valence-corrected chi connectivity index (χ3v) is 4.07. The normalized spacial score (nSPS) is 12.0. The van der Waals surface area contributed by atoms with Gasteiger partial charge in [-0.3, -0.25) is 4.79 Å². The quantitative estimate of drug-likeness (QED) is 0.815. The zero-order chi connectivity index (χ0) is 16.7. The third-order valence-electron chi connectivity index (χ3n) is 4.07. The summed E-state index contributed by atoms with van der Waals surface area (Å²) in [6, 6.07) is 16.8. The summed E-state index contributed by atoms with van der Waals surface area (Å²) in [5.41, 5.74) is 4.45. The zero-order valence-corrected chi connectivity index (χ0v) is 14.2. The summed E-state index contributed by atoms with van der Waals surface area (Å²) in [4.78, 5) is 12.1. The SMILES string of the molecule is Cc1cccc(C)c1NC(=O)CNC(C)CCc1ccccc1. The predicted molar refractivity (Wildman–Crippen MR) is 96.8 cm³/mol. The number of aryl methyl sites for hydroxylation is 3. The van der Waals surface area contributed by atoms with Crippen LogP contribution < -0.4 is 10.6 Å². The predicted octanol–water partition coefficient (Wildman–Crippen LogP) is 3.85. The van der Waals surface area contributed by atoms with Gasteiger partial charge in [0.05, 0.1) is 6.54 Å². The molecule has 1 atom stereocenters.